The Bertz CT molecular complexity index is 641. The average molecular weight is 353 g/mol. The molecule has 3 nitrogen and oxygen atoms in total. The molecule has 1 N–H and O–H groups in total. The van der Waals surface area contributed by atoms with E-state index in [4.69, 9.17) is 5.11 Å². The van der Waals surface area contributed by atoms with Crippen molar-refractivity contribution in [1.82, 2.24) is 0 Å². The normalized spacial score (nSPS) is 12.1. The standard InChI is InChI=1S/C15H13BrO3S/c16-14-7-6-12(10-13(14)15(17)18)20(19)9-8-11-4-2-1-3-5-11/h1-7,10H,8-9H2,(H,17,18). The van der Waals surface area contributed by atoms with E-state index in [0.717, 1.165) is 5.56 Å². The van der Waals surface area contributed by atoms with Gasteiger partial charge in [0.1, 0.15) is 0 Å². The van der Waals surface area contributed by atoms with Gasteiger partial charge in [-0.05, 0) is 46.1 Å². The van der Waals surface area contributed by atoms with Crippen molar-refractivity contribution < 1.29 is 14.1 Å². The summed E-state index contributed by atoms with van der Waals surface area (Å²) in [6.45, 7) is 0. The molecule has 20 heavy (non-hydrogen) atoms. The Balaban J connectivity index is 2.10. The van der Waals surface area contributed by atoms with E-state index in [-0.39, 0.29) is 5.56 Å². The number of benzene rings is 2. The molecule has 0 aliphatic heterocycles. The van der Waals surface area contributed by atoms with Gasteiger partial charge in [-0.2, -0.15) is 0 Å². The number of carboxylic acid groups (broad SMARTS) is 1. The fraction of sp³-hybridized carbons (Fsp3) is 0.133. The maximum absolute atomic E-state index is 12.2. The number of carboxylic acids is 1. The van der Waals surface area contributed by atoms with Gasteiger partial charge in [0.05, 0.1) is 16.4 Å². The van der Waals surface area contributed by atoms with Gasteiger partial charge < -0.3 is 5.11 Å². The molecule has 104 valence electrons. The molecule has 1 atom stereocenters. The molecule has 0 amide bonds. The highest BCUT2D eigenvalue weighted by Gasteiger charge is 2.12. The molecule has 0 radical (unpaired) electrons. The molecule has 2 aromatic rings. The lowest BCUT2D eigenvalue weighted by Crippen LogP contribution is -2.04. The first-order chi connectivity index (χ1) is 9.58. The Morgan fingerprint density at radius 2 is 1.85 bits per heavy atom. The van der Waals surface area contributed by atoms with Crippen LogP contribution in [0.3, 0.4) is 0 Å². The Hall–Kier alpha value is -1.46. The minimum absolute atomic E-state index is 0.135. The second kappa shape index (κ2) is 6.81. The number of aryl methyl sites for hydroxylation is 1. The Kier molecular flexibility index (Phi) is 5.09. The van der Waals surface area contributed by atoms with Crippen molar-refractivity contribution >= 4 is 32.7 Å². The molecule has 0 aliphatic rings. The molecule has 0 saturated carbocycles. The van der Waals surface area contributed by atoms with Gasteiger partial charge in [-0.3, -0.25) is 4.21 Å². The summed E-state index contributed by atoms with van der Waals surface area (Å²) in [5.41, 5.74) is 1.26. The maximum atomic E-state index is 12.2. The van der Waals surface area contributed by atoms with Gasteiger partial charge in [-0.25, -0.2) is 4.79 Å². The molecule has 2 rings (SSSR count). The van der Waals surface area contributed by atoms with E-state index in [2.05, 4.69) is 15.9 Å². The van der Waals surface area contributed by atoms with Crippen molar-refractivity contribution in [2.75, 3.05) is 5.75 Å². The lowest BCUT2D eigenvalue weighted by molar-refractivity contribution is 0.0695. The van der Waals surface area contributed by atoms with E-state index in [1.165, 1.54) is 6.07 Å². The first-order valence-corrected chi connectivity index (χ1v) is 8.14. The number of hydrogen-bond acceptors (Lipinski definition) is 2. The molecule has 0 spiro atoms. The van der Waals surface area contributed by atoms with Crippen LogP contribution in [0.2, 0.25) is 0 Å². The van der Waals surface area contributed by atoms with Gasteiger partial charge >= 0.3 is 5.97 Å². The summed E-state index contributed by atoms with van der Waals surface area (Å²) in [6.07, 6.45) is 0.700. The van der Waals surface area contributed by atoms with Crippen molar-refractivity contribution in [3.05, 3.63) is 64.1 Å². The van der Waals surface area contributed by atoms with Gasteiger partial charge in [0, 0.05) is 15.1 Å². The smallest absolute Gasteiger partial charge is 0.336 e. The van der Waals surface area contributed by atoms with Crippen LogP contribution in [-0.2, 0) is 17.2 Å². The third-order valence-corrected chi connectivity index (χ3v) is 4.90. The van der Waals surface area contributed by atoms with Gasteiger partial charge in [0.15, 0.2) is 0 Å². The summed E-state index contributed by atoms with van der Waals surface area (Å²) in [5, 5.41) is 9.05. The van der Waals surface area contributed by atoms with Crippen LogP contribution in [0, 0.1) is 0 Å². The molecule has 0 heterocycles. The zero-order chi connectivity index (χ0) is 14.5. The topological polar surface area (TPSA) is 54.4 Å². The van der Waals surface area contributed by atoms with Crippen LogP contribution in [0.1, 0.15) is 15.9 Å². The van der Waals surface area contributed by atoms with Crippen LogP contribution in [0.5, 0.6) is 0 Å². The van der Waals surface area contributed by atoms with Gasteiger partial charge in [0.25, 0.3) is 0 Å². The average Bonchev–Trinajstić information content (AvgIpc) is 2.46. The molecule has 0 bridgehead atoms. The summed E-state index contributed by atoms with van der Waals surface area (Å²) < 4.78 is 12.7. The highest BCUT2D eigenvalue weighted by atomic mass is 79.9. The second-order valence-electron chi connectivity index (χ2n) is 4.23. The highest BCUT2D eigenvalue weighted by Crippen LogP contribution is 2.20. The van der Waals surface area contributed by atoms with Crippen LogP contribution in [0.4, 0.5) is 0 Å². The fourth-order valence-electron chi connectivity index (χ4n) is 1.78. The van der Waals surface area contributed by atoms with Crippen LogP contribution in [0.15, 0.2) is 57.9 Å². The zero-order valence-corrected chi connectivity index (χ0v) is 13.0. The minimum Gasteiger partial charge on any atom is -0.478 e. The second-order valence-corrected chi connectivity index (χ2v) is 6.66. The maximum Gasteiger partial charge on any atom is 0.336 e. The monoisotopic (exact) mass is 352 g/mol. The SMILES string of the molecule is O=C(O)c1cc(S(=O)CCc2ccccc2)ccc1Br. The first-order valence-electron chi connectivity index (χ1n) is 6.03. The first kappa shape index (κ1) is 14.9. The quantitative estimate of drug-likeness (QED) is 0.895. The molecule has 1 unspecified atom stereocenters. The van der Waals surface area contributed by atoms with E-state index < -0.39 is 16.8 Å². The summed E-state index contributed by atoms with van der Waals surface area (Å²) in [6, 6.07) is 14.6. The number of carbonyl (C=O) groups is 1. The molecule has 0 aromatic heterocycles. The molecular weight excluding hydrogens is 340 g/mol. The van der Waals surface area contributed by atoms with E-state index in [1.54, 1.807) is 12.1 Å². The summed E-state index contributed by atoms with van der Waals surface area (Å²) in [5.74, 6) is -0.552. The Labute approximate surface area is 128 Å². The van der Waals surface area contributed by atoms with Gasteiger partial charge in [0.2, 0.25) is 0 Å². The highest BCUT2D eigenvalue weighted by molar-refractivity contribution is 9.10. The van der Waals surface area contributed by atoms with Gasteiger partial charge in [-0.15, -0.1) is 0 Å². The largest absolute Gasteiger partial charge is 0.478 e. The number of halogens is 1. The number of rotatable bonds is 5. The predicted molar refractivity (Wildman–Crippen MR) is 82.5 cm³/mol. The molecule has 2 aromatic carbocycles. The van der Waals surface area contributed by atoms with Crippen LogP contribution >= 0.6 is 15.9 Å². The van der Waals surface area contributed by atoms with Crippen molar-refractivity contribution in [3.8, 4) is 0 Å². The van der Waals surface area contributed by atoms with Crippen molar-refractivity contribution in [3.63, 3.8) is 0 Å². The van der Waals surface area contributed by atoms with E-state index in [1.807, 2.05) is 30.3 Å². The van der Waals surface area contributed by atoms with E-state index >= 15 is 0 Å². The van der Waals surface area contributed by atoms with Crippen LogP contribution in [0.25, 0.3) is 0 Å². The number of aromatic carboxylic acids is 1. The lowest BCUT2D eigenvalue weighted by atomic mass is 10.2. The van der Waals surface area contributed by atoms with Crippen LogP contribution in [-0.4, -0.2) is 21.0 Å². The third kappa shape index (κ3) is 3.77. The zero-order valence-electron chi connectivity index (χ0n) is 10.6. The Morgan fingerprint density at radius 1 is 1.15 bits per heavy atom. The van der Waals surface area contributed by atoms with Crippen molar-refractivity contribution in [2.24, 2.45) is 0 Å². The minimum atomic E-state index is -1.20. The predicted octanol–water partition coefficient (Wildman–Crippen LogP) is 3.50. The van der Waals surface area contributed by atoms with E-state index in [9.17, 15) is 9.00 Å². The molecule has 0 aliphatic carbocycles. The fourth-order valence-corrected chi connectivity index (χ4v) is 3.33. The number of hydrogen-bond donors (Lipinski definition) is 1. The molecule has 0 saturated heterocycles. The van der Waals surface area contributed by atoms with Gasteiger partial charge in [-0.1, -0.05) is 30.3 Å². The Morgan fingerprint density at radius 3 is 2.50 bits per heavy atom. The lowest BCUT2D eigenvalue weighted by Gasteiger charge is -2.05. The molecule has 0 fully saturated rings. The van der Waals surface area contributed by atoms with Crippen molar-refractivity contribution in [2.45, 2.75) is 11.3 Å². The summed E-state index contributed by atoms with van der Waals surface area (Å²) in [4.78, 5) is 11.6. The molecular formula is C15H13BrO3S. The summed E-state index contributed by atoms with van der Waals surface area (Å²) in [7, 11) is -1.20. The van der Waals surface area contributed by atoms with Crippen molar-refractivity contribution in [1.29, 1.82) is 0 Å². The van der Waals surface area contributed by atoms with E-state index in [0.29, 0.717) is 21.5 Å². The molecule has 5 heteroatoms. The van der Waals surface area contributed by atoms with Crippen LogP contribution < -0.4 is 0 Å². The summed E-state index contributed by atoms with van der Waals surface area (Å²) >= 11 is 3.18. The third-order valence-electron chi connectivity index (χ3n) is 2.85.